The molecule has 0 spiro atoms. The molecule has 1 fully saturated rings. The Morgan fingerprint density at radius 3 is 2.58 bits per heavy atom. The number of pyridine rings is 1. The van der Waals surface area contributed by atoms with Crippen molar-refractivity contribution in [2.75, 3.05) is 6.54 Å². The number of rotatable bonds is 8. The number of amides is 2. The Balaban J connectivity index is 0.00000107. The predicted octanol–water partition coefficient (Wildman–Crippen LogP) is 0.443. The SMILES string of the molecule is O=C(CCc1cn[nH]c1)N[C@H]1CC[C@H](C(=O)NCCc2ccncc2)C[C@@H]1O.O=CO. The summed E-state index contributed by atoms with van der Waals surface area (Å²) in [6.07, 6.45) is 9.55. The zero-order chi connectivity index (χ0) is 22.5. The van der Waals surface area contributed by atoms with Crippen LogP contribution < -0.4 is 10.6 Å². The van der Waals surface area contributed by atoms with Crippen LogP contribution in [-0.2, 0) is 27.2 Å². The molecule has 0 saturated heterocycles. The van der Waals surface area contributed by atoms with Gasteiger partial charge in [0.15, 0.2) is 0 Å². The molecule has 10 nitrogen and oxygen atoms in total. The number of nitrogens with zero attached hydrogens (tertiary/aromatic N) is 2. The molecule has 0 bridgehead atoms. The van der Waals surface area contributed by atoms with E-state index in [1.165, 1.54) is 0 Å². The van der Waals surface area contributed by atoms with Gasteiger partial charge in [-0.25, -0.2) is 0 Å². The Hall–Kier alpha value is -3.27. The van der Waals surface area contributed by atoms with Crippen LogP contribution in [0.1, 0.15) is 36.8 Å². The second-order valence-corrected chi connectivity index (χ2v) is 7.36. The maximum atomic E-state index is 12.4. The number of carboxylic acid groups (broad SMARTS) is 1. The summed E-state index contributed by atoms with van der Waals surface area (Å²) in [6, 6.07) is 3.56. The normalized spacial score (nSPS) is 20.1. The number of aromatic amines is 1. The maximum absolute atomic E-state index is 12.4. The number of carbonyl (C=O) groups excluding carboxylic acids is 2. The van der Waals surface area contributed by atoms with Crippen LogP contribution in [-0.4, -0.2) is 62.4 Å². The summed E-state index contributed by atoms with van der Waals surface area (Å²) in [5, 5.41) is 29.7. The van der Waals surface area contributed by atoms with Crippen LogP contribution in [0.2, 0.25) is 0 Å². The van der Waals surface area contributed by atoms with Gasteiger partial charge in [0, 0.05) is 37.5 Å². The molecule has 0 unspecified atom stereocenters. The van der Waals surface area contributed by atoms with Crippen LogP contribution >= 0.6 is 0 Å². The lowest BCUT2D eigenvalue weighted by atomic mass is 9.83. The van der Waals surface area contributed by atoms with Crippen molar-refractivity contribution in [1.29, 1.82) is 0 Å². The van der Waals surface area contributed by atoms with E-state index >= 15 is 0 Å². The summed E-state index contributed by atoms with van der Waals surface area (Å²) in [5.41, 5.74) is 2.10. The van der Waals surface area contributed by atoms with Gasteiger partial charge in [0.05, 0.1) is 18.3 Å². The number of nitrogens with one attached hydrogen (secondary N) is 3. The minimum absolute atomic E-state index is 0.0298. The highest BCUT2D eigenvalue weighted by Crippen LogP contribution is 2.25. The number of hydrogen-bond acceptors (Lipinski definition) is 6. The molecule has 5 N–H and O–H groups in total. The largest absolute Gasteiger partial charge is 0.483 e. The first kappa shape index (κ1) is 24.0. The number of aromatic nitrogens is 3. The number of carbonyl (C=O) groups is 3. The first-order valence-electron chi connectivity index (χ1n) is 10.2. The van der Waals surface area contributed by atoms with E-state index in [0.717, 1.165) is 17.5 Å². The first-order chi connectivity index (χ1) is 15.0. The fourth-order valence-electron chi connectivity index (χ4n) is 3.53. The zero-order valence-electron chi connectivity index (χ0n) is 17.2. The van der Waals surface area contributed by atoms with Crippen molar-refractivity contribution < 1.29 is 24.6 Å². The lowest BCUT2D eigenvalue weighted by Gasteiger charge is -2.33. The van der Waals surface area contributed by atoms with Crippen molar-refractivity contribution in [3.8, 4) is 0 Å². The number of aliphatic hydroxyl groups excluding tert-OH is 1. The summed E-state index contributed by atoms with van der Waals surface area (Å²) in [5.74, 6) is -0.338. The number of aliphatic hydroxyl groups is 1. The molecule has 0 aromatic carbocycles. The number of H-pyrrole nitrogens is 1. The van der Waals surface area contributed by atoms with Crippen molar-refractivity contribution in [2.45, 2.75) is 50.7 Å². The Kier molecular flexibility index (Phi) is 10.2. The van der Waals surface area contributed by atoms with Gasteiger partial charge in [-0.05, 0) is 55.4 Å². The van der Waals surface area contributed by atoms with Crippen LogP contribution in [0, 0.1) is 5.92 Å². The fraction of sp³-hybridized carbons (Fsp3) is 0.476. The first-order valence-corrected chi connectivity index (χ1v) is 10.2. The number of aryl methyl sites for hydroxylation is 1. The molecule has 2 heterocycles. The highest BCUT2D eigenvalue weighted by molar-refractivity contribution is 5.79. The van der Waals surface area contributed by atoms with Gasteiger partial charge in [0.1, 0.15) is 0 Å². The third kappa shape index (κ3) is 8.55. The molecule has 0 aliphatic heterocycles. The van der Waals surface area contributed by atoms with E-state index in [1.807, 2.05) is 12.1 Å². The Bertz CT molecular complexity index is 800. The quantitative estimate of drug-likeness (QED) is 0.380. The van der Waals surface area contributed by atoms with Gasteiger partial charge in [0.2, 0.25) is 11.8 Å². The predicted molar refractivity (Wildman–Crippen MR) is 112 cm³/mol. The molecule has 1 aliphatic rings. The summed E-state index contributed by atoms with van der Waals surface area (Å²) >= 11 is 0. The van der Waals surface area contributed by atoms with Crippen LogP contribution in [0.15, 0.2) is 36.9 Å². The molecule has 10 heteroatoms. The van der Waals surface area contributed by atoms with Crippen molar-refractivity contribution in [2.24, 2.45) is 5.92 Å². The Labute approximate surface area is 180 Å². The summed E-state index contributed by atoms with van der Waals surface area (Å²) < 4.78 is 0. The minimum atomic E-state index is -0.706. The van der Waals surface area contributed by atoms with E-state index in [0.29, 0.717) is 38.6 Å². The lowest BCUT2D eigenvalue weighted by Crippen LogP contribution is -2.49. The average Bonchev–Trinajstić information content (AvgIpc) is 3.29. The Morgan fingerprint density at radius 1 is 1.19 bits per heavy atom. The molecular weight excluding hydrogens is 402 g/mol. The van der Waals surface area contributed by atoms with E-state index in [1.54, 1.807) is 24.8 Å². The lowest BCUT2D eigenvalue weighted by molar-refractivity contribution is -0.128. The maximum Gasteiger partial charge on any atom is 0.290 e. The van der Waals surface area contributed by atoms with Crippen LogP contribution in [0.5, 0.6) is 0 Å². The van der Waals surface area contributed by atoms with Gasteiger partial charge in [-0.15, -0.1) is 0 Å². The molecule has 2 aromatic rings. The van der Waals surface area contributed by atoms with Crippen LogP contribution in [0.4, 0.5) is 0 Å². The smallest absolute Gasteiger partial charge is 0.290 e. The van der Waals surface area contributed by atoms with Gasteiger partial charge in [-0.3, -0.25) is 24.5 Å². The molecule has 2 amide bonds. The monoisotopic (exact) mass is 431 g/mol. The summed E-state index contributed by atoms with van der Waals surface area (Å²) in [6.45, 7) is 0.309. The van der Waals surface area contributed by atoms with Crippen LogP contribution in [0.25, 0.3) is 0 Å². The third-order valence-corrected chi connectivity index (χ3v) is 5.19. The molecule has 2 aromatic heterocycles. The van der Waals surface area contributed by atoms with E-state index in [9.17, 15) is 14.7 Å². The molecule has 3 atom stereocenters. The fourth-order valence-corrected chi connectivity index (χ4v) is 3.53. The van der Waals surface area contributed by atoms with Crippen molar-refractivity contribution in [3.05, 3.63) is 48.0 Å². The second kappa shape index (κ2) is 13.1. The van der Waals surface area contributed by atoms with E-state index < -0.39 is 6.10 Å². The molecule has 3 rings (SSSR count). The Morgan fingerprint density at radius 2 is 1.94 bits per heavy atom. The second-order valence-electron chi connectivity index (χ2n) is 7.36. The number of hydrogen-bond donors (Lipinski definition) is 5. The van der Waals surface area contributed by atoms with Crippen molar-refractivity contribution in [1.82, 2.24) is 25.8 Å². The highest BCUT2D eigenvalue weighted by Gasteiger charge is 2.33. The minimum Gasteiger partial charge on any atom is -0.483 e. The van der Waals surface area contributed by atoms with E-state index in [2.05, 4.69) is 25.8 Å². The molecule has 1 aliphatic carbocycles. The van der Waals surface area contributed by atoms with Gasteiger partial charge >= 0.3 is 0 Å². The third-order valence-electron chi connectivity index (χ3n) is 5.19. The summed E-state index contributed by atoms with van der Waals surface area (Å²) in [4.78, 5) is 36.8. The average molecular weight is 431 g/mol. The van der Waals surface area contributed by atoms with Crippen molar-refractivity contribution in [3.63, 3.8) is 0 Å². The topological polar surface area (TPSA) is 157 Å². The molecular formula is C21H29N5O5. The van der Waals surface area contributed by atoms with E-state index in [4.69, 9.17) is 9.90 Å². The van der Waals surface area contributed by atoms with E-state index in [-0.39, 0.29) is 30.2 Å². The van der Waals surface area contributed by atoms with Gasteiger partial charge < -0.3 is 20.8 Å². The van der Waals surface area contributed by atoms with Gasteiger partial charge in [-0.1, -0.05) is 0 Å². The van der Waals surface area contributed by atoms with Crippen LogP contribution in [0.3, 0.4) is 0 Å². The molecule has 1 saturated carbocycles. The van der Waals surface area contributed by atoms with Gasteiger partial charge in [-0.2, -0.15) is 5.10 Å². The molecule has 31 heavy (non-hydrogen) atoms. The highest BCUT2D eigenvalue weighted by atomic mass is 16.3. The van der Waals surface area contributed by atoms with Crippen molar-refractivity contribution >= 4 is 18.3 Å². The molecule has 168 valence electrons. The summed E-state index contributed by atoms with van der Waals surface area (Å²) in [7, 11) is 0. The standard InChI is InChI=1S/C20H27N5O3.CH2O2/c26-18-11-16(20(28)22-10-7-14-5-8-21-9-6-14)2-3-17(18)25-19(27)4-1-15-12-23-24-13-15;2-1-3/h5-6,8-9,12-13,16-18,26H,1-4,7,10-11H2,(H,22,28)(H,23,24)(H,25,27);1H,(H,2,3)/t16-,17-,18-;/m0./s1. The van der Waals surface area contributed by atoms with Gasteiger partial charge in [0.25, 0.3) is 6.47 Å². The zero-order valence-corrected chi connectivity index (χ0v) is 17.2. The molecule has 0 radical (unpaired) electrons.